The van der Waals surface area contributed by atoms with E-state index in [-0.39, 0.29) is 12.0 Å². The zero-order chi connectivity index (χ0) is 18.4. The molecule has 0 bridgehead atoms. The fourth-order valence-electron chi connectivity index (χ4n) is 3.11. The lowest BCUT2D eigenvalue weighted by atomic mass is 10.1. The van der Waals surface area contributed by atoms with Crippen LogP contribution in [-0.2, 0) is 22.5 Å². The van der Waals surface area contributed by atoms with E-state index in [0.717, 1.165) is 18.7 Å². The van der Waals surface area contributed by atoms with Gasteiger partial charge in [0.2, 0.25) is 5.91 Å². The molecule has 3 rings (SSSR count). The van der Waals surface area contributed by atoms with Crippen LogP contribution in [0, 0.1) is 0 Å². The molecule has 0 aliphatic carbocycles. The number of ether oxygens (including phenoxy) is 1. The summed E-state index contributed by atoms with van der Waals surface area (Å²) in [4.78, 5) is 24.7. The largest absolute Gasteiger partial charge is 0.375 e. The molecule has 2 aromatic rings. The first-order valence-corrected chi connectivity index (χ1v) is 9.09. The van der Waals surface area contributed by atoms with Crippen molar-refractivity contribution in [3.8, 4) is 0 Å². The van der Waals surface area contributed by atoms with Crippen molar-refractivity contribution in [3.05, 3.63) is 42.6 Å². The molecule has 7 nitrogen and oxygen atoms in total. The number of nitrogens with zero attached hydrogens (tertiary/aromatic N) is 5. The lowest BCUT2D eigenvalue weighted by molar-refractivity contribution is -0.139. The van der Waals surface area contributed by atoms with Gasteiger partial charge in [-0.2, -0.15) is 0 Å². The number of rotatable bonds is 7. The van der Waals surface area contributed by atoms with Crippen LogP contribution in [0.2, 0.25) is 0 Å². The summed E-state index contributed by atoms with van der Waals surface area (Å²) >= 11 is 0. The summed E-state index contributed by atoms with van der Waals surface area (Å²) in [6.07, 6.45) is 9.62. The van der Waals surface area contributed by atoms with Crippen LogP contribution < -0.4 is 4.90 Å². The second-order valence-electron chi connectivity index (χ2n) is 6.84. The van der Waals surface area contributed by atoms with Gasteiger partial charge in [0.1, 0.15) is 5.82 Å². The van der Waals surface area contributed by atoms with Crippen LogP contribution in [0.1, 0.15) is 18.4 Å². The van der Waals surface area contributed by atoms with Gasteiger partial charge >= 0.3 is 0 Å². The molecule has 26 heavy (non-hydrogen) atoms. The molecule has 1 aliphatic rings. The number of carbonyl (C=O) groups is 1. The van der Waals surface area contributed by atoms with Crippen molar-refractivity contribution < 1.29 is 9.53 Å². The molecule has 1 unspecified atom stereocenters. The zero-order valence-electron chi connectivity index (χ0n) is 15.5. The monoisotopic (exact) mass is 357 g/mol. The number of anilines is 1. The van der Waals surface area contributed by atoms with Crippen molar-refractivity contribution in [2.24, 2.45) is 0 Å². The highest BCUT2D eigenvalue weighted by Gasteiger charge is 2.23. The van der Waals surface area contributed by atoms with Crippen molar-refractivity contribution in [1.29, 1.82) is 0 Å². The van der Waals surface area contributed by atoms with Gasteiger partial charge in [0.25, 0.3) is 0 Å². The second kappa shape index (κ2) is 8.80. The Morgan fingerprint density at radius 3 is 3.04 bits per heavy atom. The smallest absolute Gasteiger partial charge is 0.224 e. The number of carbonyl (C=O) groups excluding carboxylic acids is 1. The Kier molecular flexibility index (Phi) is 6.22. The maximum Gasteiger partial charge on any atom is 0.224 e. The summed E-state index contributed by atoms with van der Waals surface area (Å²) in [5.74, 6) is 1.15. The van der Waals surface area contributed by atoms with Gasteiger partial charge in [0, 0.05) is 58.7 Å². The van der Waals surface area contributed by atoms with Gasteiger partial charge in [0.15, 0.2) is 0 Å². The number of aryl methyl sites for hydroxylation is 2. The van der Waals surface area contributed by atoms with Crippen LogP contribution in [0.4, 0.5) is 5.82 Å². The molecule has 1 saturated heterocycles. The van der Waals surface area contributed by atoms with E-state index in [4.69, 9.17) is 4.74 Å². The van der Waals surface area contributed by atoms with E-state index >= 15 is 0 Å². The molecule has 1 atom stereocenters. The van der Waals surface area contributed by atoms with Gasteiger partial charge in [0.05, 0.1) is 19.0 Å². The van der Waals surface area contributed by atoms with Crippen molar-refractivity contribution in [3.63, 3.8) is 0 Å². The number of pyridine rings is 1. The number of hydrogen-bond acceptors (Lipinski definition) is 5. The predicted molar refractivity (Wildman–Crippen MR) is 100 cm³/mol. The van der Waals surface area contributed by atoms with Crippen LogP contribution in [0.3, 0.4) is 0 Å². The van der Waals surface area contributed by atoms with Crippen LogP contribution in [-0.4, -0.2) is 65.2 Å². The number of aromatic nitrogens is 3. The second-order valence-corrected chi connectivity index (χ2v) is 6.84. The molecular weight excluding hydrogens is 330 g/mol. The molecule has 140 valence electrons. The van der Waals surface area contributed by atoms with Crippen LogP contribution in [0.15, 0.2) is 37.1 Å². The topological polar surface area (TPSA) is 63.5 Å². The van der Waals surface area contributed by atoms with Gasteiger partial charge in [-0.3, -0.25) is 4.79 Å². The van der Waals surface area contributed by atoms with Crippen molar-refractivity contribution in [2.75, 3.05) is 38.7 Å². The van der Waals surface area contributed by atoms with E-state index in [1.165, 1.54) is 5.56 Å². The molecular formula is C19H27N5O2. The molecule has 7 heteroatoms. The van der Waals surface area contributed by atoms with Crippen LogP contribution in [0.5, 0.6) is 0 Å². The molecule has 1 amide bonds. The van der Waals surface area contributed by atoms with E-state index in [9.17, 15) is 4.79 Å². The lowest BCUT2D eigenvalue weighted by Gasteiger charge is -2.33. The quantitative estimate of drug-likeness (QED) is 0.753. The van der Waals surface area contributed by atoms with Gasteiger partial charge in [-0.05, 0) is 30.5 Å². The SMILES string of the molecule is CN(C)c1cc(CCC2CN(C(=O)CCn3ccnc3)CCO2)ccn1. The van der Waals surface area contributed by atoms with E-state index in [0.29, 0.717) is 32.7 Å². The molecule has 2 aromatic heterocycles. The standard InChI is InChI=1S/C19H27N5O2/c1-22(2)18-13-16(5-7-21-18)3-4-17-14-24(11-12-26-17)19(25)6-9-23-10-8-20-15-23/h5,7-8,10,13,15,17H,3-4,6,9,11-12,14H2,1-2H3. The summed E-state index contributed by atoms with van der Waals surface area (Å²) in [5.41, 5.74) is 1.25. The van der Waals surface area contributed by atoms with Crippen molar-refractivity contribution in [1.82, 2.24) is 19.4 Å². The number of amides is 1. The van der Waals surface area contributed by atoms with E-state index < -0.39 is 0 Å². The number of imidazole rings is 1. The third-order valence-corrected chi connectivity index (χ3v) is 4.66. The Morgan fingerprint density at radius 2 is 2.27 bits per heavy atom. The molecule has 0 N–H and O–H groups in total. The molecule has 1 fully saturated rings. The molecule has 0 spiro atoms. The van der Waals surface area contributed by atoms with E-state index in [1.807, 2.05) is 46.9 Å². The van der Waals surface area contributed by atoms with E-state index in [2.05, 4.69) is 16.0 Å². The molecule has 1 aliphatic heterocycles. The van der Waals surface area contributed by atoms with E-state index in [1.54, 1.807) is 12.5 Å². The van der Waals surface area contributed by atoms with Gasteiger partial charge < -0.3 is 19.1 Å². The summed E-state index contributed by atoms with van der Waals surface area (Å²) < 4.78 is 7.81. The average molecular weight is 357 g/mol. The van der Waals surface area contributed by atoms with Crippen LogP contribution in [0.25, 0.3) is 0 Å². The Morgan fingerprint density at radius 1 is 1.38 bits per heavy atom. The van der Waals surface area contributed by atoms with Crippen molar-refractivity contribution >= 4 is 11.7 Å². The minimum atomic E-state index is 0.0944. The predicted octanol–water partition coefficient (Wildman–Crippen LogP) is 1.59. The third-order valence-electron chi connectivity index (χ3n) is 4.66. The zero-order valence-corrected chi connectivity index (χ0v) is 15.5. The maximum absolute atomic E-state index is 12.5. The lowest BCUT2D eigenvalue weighted by Crippen LogP contribution is -2.45. The highest BCUT2D eigenvalue weighted by atomic mass is 16.5. The Hall–Kier alpha value is -2.41. The van der Waals surface area contributed by atoms with Crippen LogP contribution >= 0.6 is 0 Å². The van der Waals surface area contributed by atoms with Crippen molar-refractivity contribution in [2.45, 2.75) is 31.9 Å². The Labute approximate surface area is 154 Å². The molecule has 0 saturated carbocycles. The summed E-state index contributed by atoms with van der Waals surface area (Å²) in [5, 5.41) is 0. The average Bonchev–Trinajstić information content (AvgIpc) is 3.18. The Bertz CT molecular complexity index is 702. The summed E-state index contributed by atoms with van der Waals surface area (Å²) in [6, 6.07) is 4.15. The highest BCUT2D eigenvalue weighted by Crippen LogP contribution is 2.16. The first-order chi connectivity index (χ1) is 12.6. The molecule has 0 radical (unpaired) electrons. The molecule has 3 heterocycles. The van der Waals surface area contributed by atoms with Gasteiger partial charge in [-0.25, -0.2) is 9.97 Å². The fourth-order valence-corrected chi connectivity index (χ4v) is 3.11. The normalized spacial score (nSPS) is 17.3. The van der Waals surface area contributed by atoms with Gasteiger partial charge in [-0.1, -0.05) is 0 Å². The minimum Gasteiger partial charge on any atom is -0.375 e. The molecule has 0 aromatic carbocycles. The first kappa shape index (κ1) is 18.4. The number of morpholine rings is 1. The third kappa shape index (κ3) is 5.05. The highest BCUT2D eigenvalue weighted by molar-refractivity contribution is 5.76. The number of hydrogen-bond donors (Lipinski definition) is 0. The van der Waals surface area contributed by atoms with Gasteiger partial charge in [-0.15, -0.1) is 0 Å². The minimum absolute atomic E-state index is 0.0944. The first-order valence-electron chi connectivity index (χ1n) is 9.09. The Balaban J connectivity index is 1.47. The summed E-state index contributed by atoms with van der Waals surface area (Å²) in [7, 11) is 3.98. The fraction of sp³-hybridized carbons (Fsp3) is 0.526. The maximum atomic E-state index is 12.5. The summed E-state index contributed by atoms with van der Waals surface area (Å²) in [6.45, 7) is 2.64.